The van der Waals surface area contributed by atoms with Crippen LogP contribution in [0.3, 0.4) is 0 Å². The maximum absolute atomic E-state index is 12.3. The van der Waals surface area contributed by atoms with Gasteiger partial charge in [0.1, 0.15) is 9.96 Å². The second kappa shape index (κ2) is 5.62. The smallest absolute Gasteiger partial charge is 0.253 e. The summed E-state index contributed by atoms with van der Waals surface area (Å²) in [5.41, 5.74) is 0.816. The van der Waals surface area contributed by atoms with E-state index in [4.69, 9.17) is 0 Å². The van der Waals surface area contributed by atoms with Gasteiger partial charge >= 0.3 is 0 Å². The first-order valence-corrected chi connectivity index (χ1v) is 8.50. The van der Waals surface area contributed by atoms with E-state index in [-0.39, 0.29) is 12.3 Å². The minimum absolute atomic E-state index is 0.162. The molecule has 1 aromatic heterocycles. The zero-order valence-electron chi connectivity index (χ0n) is 10.1. The highest BCUT2D eigenvalue weighted by atomic mass is 79.9. The summed E-state index contributed by atoms with van der Waals surface area (Å²) in [6, 6.07) is 8.19. The van der Waals surface area contributed by atoms with E-state index in [0.717, 1.165) is 5.56 Å². The molecular formula is C12H12BrNO3S2. The first kappa shape index (κ1) is 14.5. The molecule has 4 nitrogen and oxygen atoms in total. The van der Waals surface area contributed by atoms with Crippen LogP contribution < -0.4 is 0 Å². The number of nitrogens with zero attached hydrogens (tertiary/aromatic N) is 1. The van der Waals surface area contributed by atoms with Crippen molar-refractivity contribution in [3.8, 4) is 5.75 Å². The van der Waals surface area contributed by atoms with Gasteiger partial charge in [0.15, 0.2) is 0 Å². The Balaban J connectivity index is 2.22. The highest BCUT2D eigenvalue weighted by molar-refractivity contribution is 9.10. The number of sulfonamides is 1. The van der Waals surface area contributed by atoms with Crippen LogP contribution in [0, 0.1) is 0 Å². The van der Waals surface area contributed by atoms with Crippen molar-refractivity contribution in [2.24, 2.45) is 0 Å². The maximum atomic E-state index is 12.3. The fourth-order valence-corrected chi connectivity index (χ4v) is 5.21. The minimum Gasteiger partial charge on any atom is -0.508 e. The lowest BCUT2D eigenvalue weighted by molar-refractivity contribution is 0.465. The Labute approximate surface area is 124 Å². The van der Waals surface area contributed by atoms with E-state index in [0.29, 0.717) is 8.68 Å². The Hall–Kier alpha value is -0.890. The van der Waals surface area contributed by atoms with Crippen molar-refractivity contribution in [2.75, 3.05) is 7.05 Å². The molecule has 0 aliphatic rings. The van der Waals surface area contributed by atoms with Crippen LogP contribution in [0.5, 0.6) is 5.75 Å². The first-order valence-electron chi connectivity index (χ1n) is 5.38. The van der Waals surface area contributed by atoms with Gasteiger partial charge in [0.25, 0.3) is 10.0 Å². The van der Waals surface area contributed by atoms with Gasteiger partial charge in [-0.1, -0.05) is 12.1 Å². The molecule has 2 rings (SSSR count). The predicted molar refractivity (Wildman–Crippen MR) is 78.8 cm³/mol. The number of hydrogen-bond acceptors (Lipinski definition) is 4. The monoisotopic (exact) mass is 361 g/mol. The third-order valence-corrected chi connectivity index (χ3v) is 7.02. The number of phenolic OH excluding ortho intramolecular Hbond substituents is 1. The highest BCUT2D eigenvalue weighted by Gasteiger charge is 2.24. The molecule has 0 amide bonds. The Bertz CT molecular complexity index is 665. The highest BCUT2D eigenvalue weighted by Crippen LogP contribution is 2.30. The summed E-state index contributed by atoms with van der Waals surface area (Å²) in [6.07, 6.45) is 0. The van der Waals surface area contributed by atoms with Gasteiger partial charge < -0.3 is 5.11 Å². The molecule has 7 heteroatoms. The first-order chi connectivity index (χ1) is 8.91. The van der Waals surface area contributed by atoms with Crippen LogP contribution in [0.1, 0.15) is 5.56 Å². The number of thiophene rings is 1. The standard InChI is InChI=1S/C12H12BrNO3S2/c1-14(8-9-2-4-10(15)5-3-9)19(16,17)12-11(13)6-7-18-12/h2-7,15H,8H2,1H3. The number of rotatable bonds is 4. The number of hydrogen-bond donors (Lipinski definition) is 1. The Kier molecular flexibility index (Phi) is 4.29. The number of benzene rings is 1. The van der Waals surface area contributed by atoms with Crippen molar-refractivity contribution in [2.45, 2.75) is 10.8 Å². The predicted octanol–water partition coefficient (Wildman–Crippen LogP) is 3.04. The molecule has 0 aliphatic carbocycles. The molecule has 0 radical (unpaired) electrons. The van der Waals surface area contributed by atoms with Gasteiger partial charge in [-0.2, -0.15) is 4.31 Å². The molecule has 0 bridgehead atoms. The lowest BCUT2D eigenvalue weighted by atomic mass is 10.2. The second-order valence-corrected chi connectivity index (χ2v) is 7.99. The average molecular weight is 362 g/mol. The van der Waals surface area contributed by atoms with Crippen LogP contribution in [0.2, 0.25) is 0 Å². The van der Waals surface area contributed by atoms with Crippen molar-refractivity contribution in [1.82, 2.24) is 4.31 Å². The molecule has 0 fully saturated rings. The summed E-state index contributed by atoms with van der Waals surface area (Å²) in [6.45, 7) is 0.257. The zero-order valence-corrected chi connectivity index (χ0v) is 13.3. The summed E-state index contributed by atoms with van der Waals surface area (Å²) >= 11 is 4.42. The normalized spacial score (nSPS) is 11.9. The lowest BCUT2D eigenvalue weighted by Crippen LogP contribution is -2.26. The van der Waals surface area contributed by atoms with Gasteiger partial charge in [-0.3, -0.25) is 0 Å². The fourth-order valence-electron chi connectivity index (χ4n) is 1.55. The molecule has 102 valence electrons. The number of aromatic hydroxyl groups is 1. The van der Waals surface area contributed by atoms with Crippen molar-refractivity contribution in [3.63, 3.8) is 0 Å². The second-order valence-electron chi connectivity index (χ2n) is 3.98. The molecule has 0 saturated heterocycles. The molecule has 2 aromatic rings. The van der Waals surface area contributed by atoms with Crippen LogP contribution >= 0.6 is 27.3 Å². The summed E-state index contributed by atoms with van der Waals surface area (Å²) in [5.74, 6) is 0.162. The molecule has 0 saturated carbocycles. The largest absolute Gasteiger partial charge is 0.508 e. The van der Waals surface area contributed by atoms with E-state index >= 15 is 0 Å². The van der Waals surface area contributed by atoms with Gasteiger partial charge in [-0.15, -0.1) is 11.3 Å². The Morgan fingerprint density at radius 2 is 1.89 bits per heavy atom. The van der Waals surface area contributed by atoms with E-state index < -0.39 is 10.0 Å². The SMILES string of the molecule is CN(Cc1ccc(O)cc1)S(=O)(=O)c1sccc1Br. The molecule has 0 unspecified atom stereocenters. The zero-order chi connectivity index (χ0) is 14.0. The Morgan fingerprint density at radius 1 is 1.26 bits per heavy atom. The number of halogens is 1. The van der Waals surface area contributed by atoms with E-state index in [1.165, 1.54) is 34.8 Å². The van der Waals surface area contributed by atoms with Gasteiger partial charge in [0, 0.05) is 18.1 Å². The maximum Gasteiger partial charge on any atom is 0.253 e. The topological polar surface area (TPSA) is 57.6 Å². The van der Waals surface area contributed by atoms with Crippen LogP contribution in [-0.2, 0) is 16.6 Å². The van der Waals surface area contributed by atoms with E-state index in [1.54, 1.807) is 23.6 Å². The van der Waals surface area contributed by atoms with E-state index in [1.807, 2.05) is 0 Å². The summed E-state index contributed by atoms with van der Waals surface area (Å²) in [4.78, 5) is 0. The summed E-state index contributed by atoms with van der Waals surface area (Å²) < 4.78 is 26.9. The van der Waals surface area contributed by atoms with Crippen molar-refractivity contribution in [1.29, 1.82) is 0 Å². The van der Waals surface area contributed by atoms with Crippen molar-refractivity contribution < 1.29 is 13.5 Å². The third-order valence-electron chi connectivity index (χ3n) is 2.57. The number of phenols is 1. The van der Waals surface area contributed by atoms with Gasteiger partial charge in [0.05, 0.1) is 0 Å². The lowest BCUT2D eigenvalue weighted by Gasteiger charge is -2.16. The van der Waals surface area contributed by atoms with E-state index in [9.17, 15) is 13.5 Å². The third kappa shape index (κ3) is 3.17. The molecule has 1 aromatic carbocycles. The van der Waals surface area contributed by atoms with Crippen LogP contribution in [-0.4, -0.2) is 24.9 Å². The van der Waals surface area contributed by atoms with Gasteiger partial charge in [-0.05, 0) is 45.1 Å². The molecule has 0 atom stereocenters. The van der Waals surface area contributed by atoms with Gasteiger partial charge in [-0.25, -0.2) is 8.42 Å². The molecule has 1 heterocycles. The van der Waals surface area contributed by atoms with Crippen LogP contribution in [0.25, 0.3) is 0 Å². The summed E-state index contributed by atoms with van der Waals surface area (Å²) in [5, 5.41) is 10.9. The molecule has 1 N–H and O–H groups in total. The van der Waals surface area contributed by atoms with Crippen molar-refractivity contribution in [3.05, 3.63) is 45.7 Å². The minimum atomic E-state index is -3.49. The van der Waals surface area contributed by atoms with Crippen LogP contribution in [0.15, 0.2) is 44.4 Å². The molecule has 19 heavy (non-hydrogen) atoms. The van der Waals surface area contributed by atoms with Crippen LogP contribution in [0.4, 0.5) is 0 Å². The Morgan fingerprint density at radius 3 is 2.42 bits per heavy atom. The molecule has 0 aliphatic heterocycles. The fraction of sp³-hybridized carbons (Fsp3) is 0.167. The molecule has 0 spiro atoms. The van der Waals surface area contributed by atoms with Gasteiger partial charge in [0.2, 0.25) is 0 Å². The average Bonchev–Trinajstić information content (AvgIpc) is 2.79. The summed E-state index contributed by atoms with van der Waals surface area (Å²) in [7, 11) is -1.96. The van der Waals surface area contributed by atoms with E-state index in [2.05, 4.69) is 15.9 Å². The van der Waals surface area contributed by atoms with Crippen molar-refractivity contribution >= 4 is 37.3 Å². The quantitative estimate of drug-likeness (QED) is 0.910. The molecular weight excluding hydrogens is 350 g/mol.